The van der Waals surface area contributed by atoms with E-state index in [0.29, 0.717) is 21.2 Å². The van der Waals surface area contributed by atoms with Crippen molar-refractivity contribution in [2.45, 2.75) is 6.42 Å². The van der Waals surface area contributed by atoms with E-state index in [4.69, 9.17) is 16.3 Å². The molecule has 21 heavy (non-hydrogen) atoms. The second-order valence-electron chi connectivity index (χ2n) is 4.19. The minimum absolute atomic E-state index is 0.154. The maximum absolute atomic E-state index is 12.5. The number of rotatable bonds is 5. The second kappa shape index (κ2) is 6.74. The van der Waals surface area contributed by atoms with Gasteiger partial charge in [-0.1, -0.05) is 11.6 Å². The van der Waals surface area contributed by atoms with Crippen molar-refractivity contribution in [2.24, 2.45) is 0 Å². The van der Waals surface area contributed by atoms with Gasteiger partial charge in [-0.05, 0) is 30.3 Å². The second-order valence-corrected chi connectivity index (χ2v) is 5.80. The molecule has 0 aliphatic heterocycles. The first-order chi connectivity index (χ1) is 10.0. The Morgan fingerprint density at radius 2 is 1.95 bits per heavy atom. The summed E-state index contributed by atoms with van der Waals surface area (Å²) >= 11 is 7.19. The number of benzene rings is 1. The van der Waals surface area contributed by atoms with E-state index in [1.165, 1.54) is 25.6 Å². The Morgan fingerprint density at radius 3 is 2.62 bits per heavy atom. The third-order valence-corrected chi connectivity index (χ3v) is 4.16. The Kier molecular flexibility index (Phi) is 4.98. The fourth-order valence-electron chi connectivity index (χ4n) is 1.80. The number of thiophene rings is 1. The SMILES string of the molecule is COC(=O)Cc1ccc(C(=O)c2cc(Cl)ccc2OC)s1. The third kappa shape index (κ3) is 3.62. The average molecular weight is 325 g/mol. The van der Waals surface area contributed by atoms with Crippen molar-refractivity contribution in [3.63, 3.8) is 0 Å². The smallest absolute Gasteiger partial charge is 0.310 e. The summed E-state index contributed by atoms with van der Waals surface area (Å²) in [6.45, 7) is 0. The molecule has 6 heteroatoms. The number of hydrogen-bond donors (Lipinski definition) is 0. The van der Waals surface area contributed by atoms with E-state index in [9.17, 15) is 9.59 Å². The van der Waals surface area contributed by atoms with Crippen molar-refractivity contribution in [2.75, 3.05) is 14.2 Å². The Balaban J connectivity index is 2.28. The average Bonchev–Trinajstić information content (AvgIpc) is 2.94. The number of carbonyl (C=O) groups excluding carboxylic acids is 2. The summed E-state index contributed by atoms with van der Waals surface area (Å²) in [5.74, 6) is -0.0565. The molecule has 0 aliphatic rings. The van der Waals surface area contributed by atoms with Crippen molar-refractivity contribution in [1.82, 2.24) is 0 Å². The summed E-state index contributed by atoms with van der Waals surface area (Å²) in [4.78, 5) is 25.0. The van der Waals surface area contributed by atoms with Gasteiger partial charge in [0.15, 0.2) is 0 Å². The summed E-state index contributed by atoms with van der Waals surface area (Å²) in [5, 5.41) is 0.463. The molecule has 0 saturated heterocycles. The molecule has 1 aromatic heterocycles. The van der Waals surface area contributed by atoms with Crippen molar-refractivity contribution in [3.8, 4) is 5.75 Å². The summed E-state index contributed by atoms with van der Waals surface area (Å²) in [7, 11) is 2.83. The maximum Gasteiger partial charge on any atom is 0.310 e. The lowest BCUT2D eigenvalue weighted by Gasteiger charge is -2.06. The Hall–Kier alpha value is -1.85. The lowest BCUT2D eigenvalue weighted by Crippen LogP contribution is -2.03. The maximum atomic E-state index is 12.5. The van der Waals surface area contributed by atoms with Crippen molar-refractivity contribution < 1.29 is 19.1 Å². The molecular weight excluding hydrogens is 312 g/mol. The van der Waals surface area contributed by atoms with Gasteiger partial charge in [0.25, 0.3) is 0 Å². The molecule has 0 radical (unpaired) electrons. The normalized spacial score (nSPS) is 10.2. The highest BCUT2D eigenvalue weighted by atomic mass is 35.5. The van der Waals surface area contributed by atoms with Crippen molar-refractivity contribution in [3.05, 3.63) is 50.7 Å². The molecule has 1 heterocycles. The number of esters is 1. The molecule has 0 atom stereocenters. The van der Waals surface area contributed by atoms with E-state index < -0.39 is 0 Å². The molecule has 0 N–H and O–H groups in total. The quantitative estimate of drug-likeness (QED) is 0.625. The van der Waals surface area contributed by atoms with Crippen LogP contribution in [0.4, 0.5) is 0 Å². The zero-order valence-corrected chi connectivity index (χ0v) is 13.1. The lowest BCUT2D eigenvalue weighted by molar-refractivity contribution is -0.139. The fourth-order valence-corrected chi connectivity index (χ4v) is 2.92. The standard InChI is InChI=1S/C15H13ClO4S/c1-19-12-5-3-9(16)7-11(12)15(18)13-6-4-10(21-13)8-14(17)20-2/h3-7H,8H2,1-2H3. The van der Waals surface area contributed by atoms with E-state index in [-0.39, 0.29) is 18.2 Å². The van der Waals surface area contributed by atoms with Crippen LogP contribution in [0.25, 0.3) is 0 Å². The Morgan fingerprint density at radius 1 is 1.19 bits per heavy atom. The van der Waals surface area contributed by atoms with Crippen LogP contribution >= 0.6 is 22.9 Å². The number of methoxy groups -OCH3 is 2. The third-order valence-electron chi connectivity index (χ3n) is 2.84. The van der Waals surface area contributed by atoms with Crippen LogP contribution in [0.1, 0.15) is 20.1 Å². The summed E-state index contributed by atoms with van der Waals surface area (Å²) in [5.41, 5.74) is 0.400. The van der Waals surface area contributed by atoms with Gasteiger partial charge in [-0.3, -0.25) is 9.59 Å². The molecule has 4 nitrogen and oxygen atoms in total. The van der Waals surface area contributed by atoms with Crippen LogP contribution in [0.2, 0.25) is 5.02 Å². The van der Waals surface area contributed by atoms with E-state index in [1.807, 2.05) is 0 Å². The molecule has 1 aromatic carbocycles. The first kappa shape index (κ1) is 15.5. The van der Waals surface area contributed by atoms with Gasteiger partial charge in [-0.15, -0.1) is 11.3 Å². The van der Waals surface area contributed by atoms with Crippen LogP contribution in [0, 0.1) is 0 Å². The van der Waals surface area contributed by atoms with Gasteiger partial charge in [-0.2, -0.15) is 0 Å². The zero-order chi connectivity index (χ0) is 15.4. The monoisotopic (exact) mass is 324 g/mol. The minimum Gasteiger partial charge on any atom is -0.496 e. The first-order valence-corrected chi connectivity index (χ1v) is 7.28. The lowest BCUT2D eigenvalue weighted by atomic mass is 10.1. The van der Waals surface area contributed by atoms with E-state index in [2.05, 4.69) is 4.74 Å². The highest BCUT2D eigenvalue weighted by Gasteiger charge is 2.17. The number of halogens is 1. The van der Waals surface area contributed by atoms with Gasteiger partial charge in [0, 0.05) is 9.90 Å². The summed E-state index contributed by atoms with van der Waals surface area (Å²) < 4.78 is 9.79. The number of ketones is 1. The van der Waals surface area contributed by atoms with Gasteiger partial charge in [0.05, 0.1) is 31.1 Å². The van der Waals surface area contributed by atoms with Gasteiger partial charge in [0.2, 0.25) is 5.78 Å². The molecule has 0 spiro atoms. The van der Waals surface area contributed by atoms with Gasteiger partial charge >= 0.3 is 5.97 Å². The number of ether oxygens (including phenoxy) is 2. The molecule has 0 saturated carbocycles. The fraction of sp³-hybridized carbons (Fsp3) is 0.200. The van der Waals surface area contributed by atoms with Gasteiger partial charge < -0.3 is 9.47 Å². The molecule has 2 rings (SSSR count). The molecular formula is C15H13ClO4S. The molecule has 110 valence electrons. The minimum atomic E-state index is -0.337. The zero-order valence-electron chi connectivity index (χ0n) is 11.5. The first-order valence-electron chi connectivity index (χ1n) is 6.09. The predicted molar refractivity (Wildman–Crippen MR) is 81.5 cm³/mol. The molecule has 2 aromatic rings. The molecule has 0 bridgehead atoms. The number of hydrogen-bond acceptors (Lipinski definition) is 5. The predicted octanol–water partition coefficient (Wildman–Crippen LogP) is 3.36. The van der Waals surface area contributed by atoms with Gasteiger partial charge in [-0.25, -0.2) is 0 Å². The molecule has 0 unspecified atom stereocenters. The van der Waals surface area contributed by atoms with E-state index in [0.717, 1.165) is 4.88 Å². The van der Waals surface area contributed by atoms with E-state index >= 15 is 0 Å². The number of carbonyl (C=O) groups is 2. The summed E-state index contributed by atoms with van der Waals surface area (Å²) in [6.07, 6.45) is 0.154. The van der Waals surface area contributed by atoms with Crippen LogP contribution in [0.3, 0.4) is 0 Å². The Bertz CT molecular complexity index is 678. The topological polar surface area (TPSA) is 52.6 Å². The Labute approximate surface area is 131 Å². The van der Waals surface area contributed by atoms with E-state index in [1.54, 1.807) is 30.3 Å². The molecule has 0 aliphatic carbocycles. The molecule has 0 fully saturated rings. The largest absolute Gasteiger partial charge is 0.496 e. The highest BCUT2D eigenvalue weighted by Crippen LogP contribution is 2.28. The molecule has 0 amide bonds. The van der Waals surface area contributed by atoms with Crippen LogP contribution < -0.4 is 4.74 Å². The van der Waals surface area contributed by atoms with Crippen molar-refractivity contribution >= 4 is 34.7 Å². The van der Waals surface area contributed by atoms with Crippen molar-refractivity contribution in [1.29, 1.82) is 0 Å². The van der Waals surface area contributed by atoms with Crippen LogP contribution in [0.15, 0.2) is 30.3 Å². The van der Waals surface area contributed by atoms with Crippen LogP contribution in [-0.2, 0) is 16.0 Å². The highest BCUT2D eigenvalue weighted by molar-refractivity contribution is 7.14. The van der Waals surface area contributed by atoms with Crippen LogP contribution in [0.5, 0.6) is 5.75 Å². The van der Waals surface area contributed by atoms with Gasteiger partial charge in [0.1, 0.15) is 5.75 Å². The van der Waals surface area contributed by atoms with Crippen LogP contribution in [-0.4, -0.2) is 26.0 Å². The summed E-state index contributed by atoms with van der Waals surface area (Å²) in [6, 6.07) is 8.31.